The van der Waals surface area contributed by atoms with E-state index in [9.17, 15) is 9.59 Å². The summed E-state index contributed by atoms with van der Waals surface area (Å²) in [7, 11) is 0. The summed E-state index contributed by atoms with van der Waals surface area (Å²) in [5, 5.41) is 8.62. The van der Waals surface area contributed by atoms with Crippen LogP contribution in [0.15, 0.2) is 39.9 Å². The van der Waals surface area contributed by atoms with Crippen molar-refractivity contribution in [2.45, 2.75) is 33.4 Å². The molecule has 2 saturated heterocycles. The van der Waals surface area contributed by atoms with Crippen molar-refractivity contribution in [1.29, 1.82) is 0 Å². The topological polar surface area (TPSA) is 101 Å². The summed E-state index contributed by atoms with van der Waals surface area (Å²) in [6, 6.07) is 5.72. The highest BCUT2D eigenvalue weighted by atomic mass is 16.5. The van der Waals surface area contributed by atoms with E-state index >= 15 is 0 Å². The van der Waals surface area contributed by atoms with Crippen molar-refractivity contribution in [3.05, 3.63) is 58.0 Å². The Bertz CT molecular complexity index is 1230. The normalized spacial score (nSPS) is 18.2. The van der Waals surface area contributed by atoms with Crippen molar-refractivity contribution in [3.8, 4) is 11.3 Å². The van der Waals surface area contributed by atoms with Crippen molar-refractivity contribution in [2.75, 3.05) is 37.6 Å². The molecule has 3 aromatic heterocycles. The summed E-state index contributed by atoms with van der Waals surface area (Å²) >= 11 is 0. The maximum atomic E-state index is 12.9. The van der Waals surface area contributed by atoms with Gasteiger partial charge in [-0.15, -0.1) is 0 Å². The number of carbonyl (C=O) groups excluding carboxylic acids is 1. The summed E-state index contributed by atoms with van der Waals surface area (Å²) in [6.45, 7) is 9.47. The van der Waals surface area contributed by atoms with Gasteiger partial charge in [-0.05, 0) is 32.9 Å². The highest BCUT2D eigenvalue weighted by Gasteiger charge is 2.40. The lowest BCUT2D eigenvalue weighted by Gasteiger charge is -2.37. The minimum atomic E-state index is -0.193. The maximum Gasteiger partial charge on any atom is 0.320 e. The van der Waals surface area contributed by atoms with Crippen LogP contribution in [0.25, 0.3) is 11.3 Å². The zero-order valence-corrected chi connectivity index (χ0v) is 19.1. The first kappa shape index (κ1) is 21.2. The van der Waals surface area contributed by atoms with E-state index in [1.54, 1.807) is 18.5 Å². The van der Waals surface area contributed by atoms with E-state index in [0.717, 1.165) is 29.1 Å². The van der Waals surface area contributed by atoms with Gasteiger partial charge < -0.3 is 19.2 Å². The second-order valence-electron chi connectivity index (χ2n) is 8.58. The van der Waals surface area contributed by atoms with E-state index in [2.05, 4.69) is 20.1 Å². The van der Waals surface area contributed by atoms with E-state index in [1.165, 1.54) is 4.68 Å². The summed E-state index contributed by atoms with van der Waals surface area (Å²) in [4.78, 5) is 35.6. The second kappa shape index (κ2) is 8.34. The zero-order chi connectivity index (χ0) is 23.1. The number of likely N-dealkylation sites (N-methyl/N-ethyl adjacent to an activating group) is 1. The van der Waals surface area contributed by atoms with E-state index in [4.69, 9.17) is 4.52 Å². The number of carbonyl (C=O) groups is 1. The van der Waals surface area contributed by atoms with E-state index < -0.39 is 0 Å². The predicted molar refractivity (Wildman–Crippen MR) is 122 cm³/mol. The average molecular weight is 450 g/mol. The van der Waals surface area contributed by atoms with Crippen LogP contribution in [0.1, 0.15) is 23.9 Å². The van der Waals surface area contributed by atoms with Crippen LogP contribution in [0, 0.1) is 13.8 Å². The summed E-state index contributed by atoms with van der Waals surface area (Å²) in [5.74, 6) is 0.644. The molecule has 5 rings (SSSR count). The number of hydrogen-bond donors (Lipinski definition) is 0. The molecule has 2 aliphatic heterocycles. The summed E-state index contributed by atoms with van der Waals surface area (Å²) in [6.07, 6.45) is 3.48. The molecule has 0 radical (unpaired) electrons. The lowest BCUT2D eigenvalue weighted by molar-refractivity contribution is 0.184. The molecule has 33 heavy (non-hydrogen) atoms. The van der Waals surface area contributed by atoms with Crippen LogP contribution in [0.4, 0.5) is 10.5 Å². The molecule has 2 amide bonds. The van der Waals surface area contributed by atoms with Gasteiger partial charge in [0.1, 0.15) is 11.5 Å². The van der Waals surface area contributed by atoms with Gasteiger partial charge in [0.2, 0.25) is 0 Å². The van der Waals surface area contributed by atoms with Crippen molar-refractivity contribution in [1.82, 2.24) is 29.7 Å². The molecule has 1 unspecified atom stereocenters. The Labute approximate surface area is 191 Å². The molecule has 5 heterocycles. The Morgan fingerprint density at radius 3 is 2.70 bits per heavy atom. The highest BCUT2D eigenvalue weighted by molar-refractivity contribution is 5.77. The largest absolute Gasteiger partial charge is 0.366 e. The average Bonchev–Trinajstić information content (AvgIpc) is 3.34. The standard InChI is InChI=1S/C23H27N7O3/c1-4-27-12-19-13-28(7-8-29(19)23(27)32)18-9-21(31)30(25-11-18)14-20-16(3)33-26-22(20)17-6-5-15(2)24-10-17/h5-6,9-11,19H,4,7-8,12-14H2,1-3H3. The van der Waals surface area contributed by atoms with Gasteiger partial charge in [0.25, 0.3) is 5.56 Å². The number of pyridine rings is 1. The van der Waals surface area contributed by atoms with Crippen molar-refractivity contribution < 1.29 is 9.32 Å². The van der Waals surface area contributed by atoms with Crippen LogP contribution >= 0.6 is 0 Å². The Morgan fingerprint density at radius 1 is 1.12 bits per heavy atom. The molecule has 0 bridgehead atoms. The fraction of sp³-hybridized carbons (Fsp3) is 0.435. The van der Waals surface area contributed by atoms with Gasteiger partial charge >= 0.3 is 6.03 Å². The Balaban J connectivity index is 1.35. The predicted octanol–water partition coefficient (Wildman–Crippen LogP) is 1.90. The molecule has 10 heteroatoms. The number of hydrogen-bond acceptors (Lipinski definition) is 7. The van der Waals surface area contributed by atoms with E-state index in [-0.39, 0.29) is 24.2 Å². The fourth-order valence-electron chi connectivity index (χ4n) is 4.55. The number of urea groups is 1. The molecular weight excluding hydrogens is 422 g/mol. The Kier molecular flexibility index (Phi) is 5.35. The van der Waals surface area contributed by atoms with Crippen LogP contribution in [-0.4, -0.2) is 74.5 Å². The minimum Gasteiger partial charge on any atom is -0.366 e. The summed E-state index contributed by atoms with van der Waals surface area (Å²) in [5.41, 5.74) is 3.81. The third-order valence-electron chi connectivity index (χ3n) is 6.51. The number of aryl methyl sites for hydroxylation is 2. The SMILES string of the molecule is CCN1CC2CN(c3cnn(Cc4c(-c5ccc(C)nc5)noc4C)c(=O)c3)CCN2C1=O. The highest BCUT2D eigenvalue weighted by Crippen LogP contribution is 2.26. The number of nitrogens with zero attached hydrogens (tertiary/aromatic N) is 7. The number of aromatic nitrogens is 4. The lowest BCUT2D eigenvalue weighted by atomic mass is 10.1. The molecule has 10 nitrogen and oxygen atoms in total. The molecule has 3 aromatic rings. The molecule has 0 saturated carbocycles. The van der Waals surface area contributed by atoms with Crippen molar-refractivity contribution in [3.63, 3.8) is 0 Å². The number of piperazine rings is 1. The van der Waals surface area contributed by atoms with Gasteiger partial charge in [-0.25, -0.2) is 9.48 Å². The van der Waals surface area contributed by atoms with Crippen LogP contribution in [0.3, 0.4) is 0 Å². The number of anilines is 1. The monoisotopic (exact) mass is 449 g/mol. The Morgan fingerprint density at radius 2 is 1.97 bits per heavy atom. The number of amides is 2. The summed E-state index contributed by atoms with van der Waals surface area (Å²) < 4.78 is 6.83. The van der Waals surface area contributed by atoms with E-state index in [0.29, 0.717) is 37.6 Å². The first-order valence-corrected chi connectivity index (χ1v) is 11.2. The number of rotatable bonds is 5. The second-order valence-corrected chi connectivity index (χ2v) is 8.58. The van der Waals surface area contributed by atoms with Crippen LogP contribution in [-0.2, 0) is 6.54 Å². The molecule has 2 fully saturated rings. The third kappa shape index (κ3) is 3.85. The first-order chi connectivity index (χ1) is 15.9. The van der Waals surface area contributed by atoms with Gasteiger partial charge in [0.05, 0.1) is 24.5 Å². The minimum absolute atomic E-state index is 0.111. The maximum absolute atomic E-state index is 12.9. The van der Waals surface area contributed by atoms with Gasteiger partial charge in [0, 0.05) is 61.8 Å². The Hall–Kier alpha value is -3.69. The molecule has 1 atom stereocenters. The van der Waals surface area contributed by atoms with Gasteiger partial charge in [-0.3, -0.25) is 9.78 Å². The molecular formula is C23H27N7O3. The fourth-order valence-corrected chi connectivity index (χ4v) is 4.55. The van der Waals surface area contributed by atoms with Gasteiger partial charge in [-0.1, -0.05) is 5.16 Å². The molecule has 0 aromatic carbocycles. The molecule has 2 aliphatic rings. The van der Waals surface area contributed by atoms with Crippen LogP contribution in [0.2, 0.25) is 0 Å². The van der Waals surface area contributed by atoms with Crippen LogP contribution in [0.5, 0.6) is 0 Å². The zero-order valence-electron chi connectivity index (χ0n) is 19.1. The molecule has 0 spiro atoms. The molecule has 0 aliphatic carbocycles. The van der Waals surface area contributed by atoms with Crippen molar-refractivity contribution >= 4 is 11.7 Å². The van der Waals surface area contributed by atoms with Gasteiger partial charge in [-0.2, -0.15) is 5.10 Å². The van der Waals surface area contributed by atoms with E-state index in [1.807, 2.05) is 42.7 Å². The molecule has 172 valence electrons. The first-order valence-electron chi connectivity index (χ1n) is 11.2. The smallest absolute Gasteiger partial charge is 0.320 e. The third-order valence-corrected chi connectivity index (χ3v) is 6.51. The van der Waals surface area contributed by atoms with Gasteiger partial charge in [0.15, 0.2) is 0 Å². The quantitative estimate of drug-likeness (QED) is 0.586. The number of fused-ring (bicyclic) bond motifs is 1. The van der Waals surface area contributed by atoms with Crippen molar-refractivity contribution in [2.24, 2.45) is 0 Å². The lowest BCUT2D eigenvalue weighted by Crippen LogP contribution is -2.52. The van der Waals surface area contributed by atoms with Crippen LogP contribution < -0.4 is 10.5 Å². The molecule has 0 N–H and O–H groups in total.